The molecule has 0 aliphatic heterocycles. The molecule has 0 heterocycles. The number of rotatable bonds is 10. The van der Waals surface area contributed by atoms with Gasteiger partial charge >= 0.3 is 5.97 Å². The number of ether oxygens (including phenoxy) is 1. The Morgan fingerprint density at radius 1 is 0.867 bits per heavy atom. The van der Waals surface area contributed by atoms with Crippen molar-refractivity contribution in [2.24, 2.45) is 5.92 Å². The maximum absolute atomic E-state index is 12.7. The lowest BCUT2D eigenvalue weighted by Crippen LogP contribution is -2.20. The summed E-state index contributed by atoms with van der Waals surface area (Å²) in [6.45, 7) is 19.4. The van der Waals surface area contributed by atoms with Crippen LogP contribution in [-0.2, 0) is 20.4 Å². The first-order valence-electron chi connectivity index (χ1n) is 11.8. The van der Waals surface area contributed by atoms with Gasteiger partial charge in [-0.3, -0.25) is 4.79 Å². The van der Waals surface area contributed by atoms with Crippen LogP contribution in [0.5, 0.6) is 5.75 Å². The summed E-state index contributed by atoms with van der Waals surface area (Å²) in [4.78, 5) is 12.7. The van der Waals surface area contributed by atoms with Crippen molar-refractivity contribution in [2.45, 2.75) is 118 Å². The first-order valence-corrected chi connectivity index (χ1v) is 11.8. The number of benzene rings is 1. The number of hydrogen-bond acceptors (Lipinski definition) is 3. The number of unbranched alkanes of at least 4 members (excludes halogenated alkanes) is 4. The SMILES string of the molecule is CC(C)CCCCCCCOC(=O)C(C)c1cc(C(C)(C)C)c(O)c(C(C)(C)C)c1. The lowest BCUT2D eigenvalue weighted by molar-refractivity contribution is -0.145. The molecular formula is C27H46O3. The van der Waals surface area contributed by atoms with Gasteiger partial charge in [-0.25, -0.2) is 0 Å². The van der Waals surface area contributed by atoms with Crippen molar-refractivity contribution in [3.8, 4) is 5.75 Å². The molecule has 1 unspecified atom stereocenters. The second-order valence-corrected chi connectivity index (χ2v) is 11.3. The quantitative estimate of drug-likeness (QED) is 0.314. The lowest BCUT2D eigenvalue weighted by atomic mass is 9.77. The highest BCUT2D eigenvalue weighted by Crippen LogP contribution is 2.41. The van der Waals surface area contributed by atoms with E-state index in [0.29, 0.717) is 12.4 Å². The van der Waals surface area contributed by atoms with Gasteiger partial charge in [-0.05, 0) is 46.8 Å². The maximum atomic E-state index is 12.7. The fraction of sp³-hybridized carbons (Fsp3) is 0.741. The monoisotopic (exact) mass is 418 g/mol. The summed E-state index contributed by atoms with van der Waals surface area (Å²) in [5, 5.41) is 10.9. The van der Waals surface area contributed by atoms with Gasteiger partial charge in [0.05, 0.1) is 12.5 Å². The van der Waals surface area contributed by atoms with Crippen LogP contribution < -0.4 is 0 Å². The molecule has 0 aliphatic rings. The van der Waals surface area contributed by atoms with Crippen molar-refractivity contribution in [2.75, 3.05) is 6.61 Å². The van der Waals surface area contributed by atoms with E-state index in [9.17, 15) is 9.90 Å². The fourth-order valence-electron chi connectivity index (χ4n) is 3.67. The van der Waals surface area contributed by atoms with Gasteiger partial charge in [-0.2, -0.15) is 0 Å². The molecule has 1 N–H and O–H groups in total. The zero-order valence-corrected chi connectivity index (χ0v) is 21.0. The number of carbonyl (C=O) groups excluding carboxylic acids is 1. The van der Waals surface area contributed by atoms with Crippen LogP contribution in [0.1, 0.15) is 123 Å². The van der Waals surface area contributed by atoms with Gasteiger partial charge in [-0.15, -0.1) is 0 Å². The number of hydrogen-bond donors (Lipinski definition) is 1. The summed E-state index contributed by atoms with van der Waals surface area (Å²) in [7, 11) is 0. The number of phenols is 1. The Labute approximate surface area is 185 Å². The topological polar surface area (TPSA) is 46.5 Å². The second-order valence-electron chi connectivity index (χ2n) is 11.3. The van der Waals surface area contributed by atoms with Gasteiger partial charge in [0.2, 0.25) is 0 Å². The number of aromatic hydroxyl groups is 1. The predicted molar refractivity (Wildman–Crippen MR) is 127 cm³/mol. The molecule has 0 aliphatic carbocycles. The Balaban J connectivity index is 2.74. The van der Waals surface area contributed by atoms with Crippen molar-refractivity contribution >= 4 is 5.97 Å². The molecular weight excluding hydrogens is 372 g/mol. The van der Waals surface area contributed by atoms with E-state index in [4.69, 9.17) is 4.74 Å². The molecule has 1 atom stereocenters. The average Bonchev–Trinajstić information content (AvgIpc) is 2.61. The summed E-state index contributed by atoms with van der Waals surface area (Å²) in [5.74, 6) is 0.598. The highest BCUT2D eigenvalue weighted by molar-refractivity contribution is 5.78. The molecule has 0 saturated heterocycles. The molecule has 1 aromatic carbocycles. The highest BCUT2D eigenvalue weighted by atomic mass is 16.5. The van der Waals surface area contributed by atoms with Crippen LogP contribution in [0, 0.1) is 5.92 Å². The predicted octanol–water partition coefficient (Wildman–Crippen LogP) is 7.63. The largest absolute Gasteiger partial charge is 0.507 e. The van der Waals surface area contributed by atoms with E-state index in [1.165, 1.54) is 25.7 Å². The molecule has 0 saturated carbocycles. The molecule has 3 heteroatoms. The molecule has 172 valence electrons. The molecule has 30 heavy (non-hydrogen) atoms. The van der Waals surface area contributed by atoms with Gasteiger partial charge in [0.25, 0.3) is 0 Å². The van der Waals surface area contributed by atoms with Crippen LogP contribution in [0.2, 0.25) is 0 Å². The first-order chi connectivity index (χ1) is 13.7. The van der Waals surface area contributed by atoms with Gasteiger partial charge in [0.1, 0.15) is 5.75 Å². The molecule has 3 nitrogen and oxygen atoms in total. The Bertz CT molecular complexity index is 639. The van der Waals surface area contributed by atoms with Gasteiger partial charge < -0.3 is 9.84 Å². The molecule has 0 bridgehead atoms. The molecule has 0 aromatic heterocycles. The fourth-order valence-corrected chi connectivity index (χ4v) is 3.67. The van der Waals surface area contributed by atoms with Crippen molar-refractivity contribution in [1.29, 1.82) is 0 Å². The second kappa shape index (κ2) is 11.2. The van der Waals surface area contributed by atoms with Crippen LogP contribution in [0.3, 0.4) is 0 Å². The lowest BCUT2D eigenvalue weighted by Gasteiger charge is -2.29. The number of phenolic OH excluding ortho intramolecular Hbond substituents is 1. The molecule has 1 rings (SSSR count). The van der Waals surface area contributed by atoms with Crippen molar-refractivity contribution in [1.82, 2.24) is 0 Å². The Morgan fingerprint density at radius 2 is 1.33 bits per heavy atom. The van der Waals surface area contributed by atoms with E-state index in [1.807, 2.05) is 19.1 Å². The summed E-state index contributed by atoms with van der Waals surface area (Å²) in [5.41, 5.74) is 2.26. The van der Waals surface area contributed by atoms with E-state index in [2.05, 4.69) is 55.4 Å². The third-order valence-electron chi connectivity index (χ3n) is 5.77. The zero-order valence-electron chi connectivity index (χ0n) is 21.0. The van der Waals surface area contributed by atoms with E-state index >= 15 is 0 Å². The van der Waals surface area contributed by atoms with Crippen molar-refractivity contribution in [3.05, 3.63) is 28.8 Å². The maximum Gasteiger partial charge on any atom is 0.313 e. The minimum Gasteiger partial charge on any atom is -0.507 e. The summed E-state index contributed by atoms with van der Waals surface area (Å²) < 4.78 is 5.58. The van der Waals surface area contributed by atoms with E-state index in [-0.39, 0.29) is 22.7 Å². The van der Waals surface area contributed by atoms with Gasteiger partial charge in [-0.1, -0.05) is 99.6 Å². The minimum absolute atomic E-state index is 0.180. The number of esters is 1. The summed E-state index contributed by atoms with van der Waals surface area (Å²) in [6, 6.07) is 3.95. The summed E-state index contributed by atoms with van der Waals surface area (Å²) in [6.07, 6.45) is 7.11. The Hall–Kier alpha value is -1.51. The van der Waals surface area contributed by atoms with Gasteiger partial charge in [0, 0.05) is 0 Å². The van der Waals surface area contributed by atoms with E-state index in [1.54, 1.807) is 0 Å². The summed E-state index contributed by atoms with van der Waals surface area (Å²) >= 11 is 0. The Kier molecular flexibility index (Phi) is 9.91. The van der Waals surface area contributed by atoms with Crippen LogP contribution in [0.4, 0.5) is 0 Å². The Morgan fingerprint density at radius 3 is 1.80 bits per heavy atom. The van der Waals surface area contributed by atoms with Crippen molar-refractivity contribution in [3.63, 3.8) is 0 Å². The van der Waals surface area contributed by atoms with E-state index in [0.717, 1.165) is 35.4 Å². The smallest absolute Gasteiger partial charge is 0.313 e. The van der Waals surface area contributed by atoms with Crippen molar-refractivity contribution < 1.29 is 14.6 Å². The highest BCUT2D eigenvalue weighted by Gasteiger charge is 2.29. The van der Waals surface area contributed by atoms with Crippen LogP contribution >= 0.6 is 0 Å². The minimum atomic E-state index is -0.348. The standard InChI is InChI=1S/C27H46O3/c1-19(2)15-13-11-10-12-14-16-30-25(29)20(3)21-17-22(26(4,5)6)24(28)23(18-21)27(7,8)9/h17-20,28H,10-16H2,1-9H3. The molecule has 0 amide bonds. The molecule has 0 radical (unpaired) electrons. The third-order valence-corrected chi connectivity index (χ3v) is 5.77. The van der Waals surface area contributed by atoms with Crippen LogP contribution in [0.15, 0.2) is 12.1 Å². The zero-order chi connectivity index (χ0) is 23.1. The third kappa shape index (κ3) is 8.32. The normalized spacial score (nSPS) is 13.5. The molecule has 0 fully saturated rings. The first kappa shape index (κ1) is 26.5. The van der Waals surface area contributed by atoms with Crippen LogP contribution in [0.25, 0.3) is 0 Å². The molecule has 0 spiro atoms. The molecule has 1 aromatic rings. The van der Waals surface area contributed by atoms with Gasteiger partial charge in [0.15, 0.2) is 0 Å². The van der Waals surface area contributed by atoms with E-state index < -0.39 is 0 Å². The number of carbonyl (C=O) groups is 1. The average molecular weight is 419 g/mol. The van der Waals surface area contributed by atoms with Crippen LogP contribution in [-0.4, -0.2) is 17.7 Å².